The lowest BCUT2D eigenvalue weighted by Crippen LogP contribution is -2.52. The molecule has 0 aromatic heterocycles. The van der Waals surface area contributed by atoms with Crippen molar-refractivity contribution in [2.45, 2.75) is 141 Å². The third-order valence-corrected chi connectivity index (χ3v) is 6.48. The number of hydrogen-bond donors (Lipinski definition) is 2. The van der Waals surface area contributed by atoms with E-state index in [9.17, 15) is 5.11 Å². The Kier molecular flexibility index (Phi) is 27.4. The van der Waals surface area contributed by atoms with Crippen LogP contribution in [0.15, 0.2) is 24.3 Å². The third kappa shape index (κ3) is 26.2. The molecule has 0 saturated heterocycles. The van der Waals surface area contributed by atoms with Gasteiger partial charge in [0, 0.05) is 13.2 Å². The van der Waals surface area contributed by atoms with Crippen LogP contribution in [-0.4, -0.2) is 43.7 Å². The monoisotopic (exact) mass is 495 g/mol. The van der Waals surface area contributed by atoms with E-state index in [1.807, 2.05) is 0 Å². The molecular weight excluding hydrogens is 434 g/mol. The molecule has 0 spiro atoms. The molecule has 0 amide bonds. The summed E-state index contributed by atoms with van der Waals surface area (Å²) in [5, 5.41) is 9.66. The van der Waals surface area contributed by atoms with E-state index in [0.29, 0.717) is 19.8 Å². The van der Waals surface area contributed by atoms with Gasteiger partial charge in [-0.2, -0.15) is 0 Å². The molecule has 4 nitrogen and oxygen atoms in total. The highest BCUT2D eigenvalue weighted by molar-refractivity contribution is 4.92. The molecule has 0 aliphatic carbocycles. The van der Waals surface area contributed by atoms with Crippen LogP contribution in [0.4, 0.5) is 0 Å². The minimum absolute atomic E-state index is 0.103. The number of aliphatic hydroxyl groups is 1. The van der Waals surface area contributed by atoms with Crippen LogP contribution < -0.4 is 5.73 Å². The van der Waals surface area contributed by atoms with Gasteiger partial charge in [0.15, 0.2) is 0 Å². The van der Waals surface area contributed by atoms with Gasteiger partial charge >= 0.3 is 0 Å². The molecule has 3 N–H and O–H groups in total. The zero-order valence-corrected chi connectivity index (χ0v) is 23.6. The van der Waals surface area contributed by atoms with Crippen molar-refractivity contribution in [3.05, 3.63) is 24.3 Å². The standard InChI is InChI=1S/C31H61NO3/c1-3-5-7-9-11-12-13-14-15-16-17-18-19-21-23-25-27-35-30-31(32,28-33)29-34-26-24-22-20-10-8-6-4-2/h11-12,14-15,33H,3-10,13,16-30,32H2,1-2H3/b12-11-,15-14-. The Hall–Kier alpha value is -0.680. The van der Waals surface area contributed by atoms with Gasteiger partial charge in [-0.25, -0.2) is 0 Å². The molecule has 0 aliphatic heterocycles. The molecule has 0 rings (SSSR count). The summed E-state index contributed by atoms with van der Waals surface area (Å²) in [4.78, 5) is 0. The minimum atomic E-state index is -0.778. The van der Waals surface area contributed by atoms with Crippen molar-refractivity contribution in [1.82, 2.24) is 0 Å². The Labute approximate surface area is 219 Å². The van der Waals surface area contributed by atoms with E-state index in [1.165, 1.54) is 103 Å². The van der Waals surface area contributed by atoms with Gasteiger partial charge < -0.3 is 20.3 Å². The number of allylic oxidation sites excluding steroid dienone is 4. The van der Waals surface area contributed by atoms with E-state index in [4.69, 9.17) is 15.2 Å². The van der Waals surface area contributed by atoms with Crippen molar-refractivity contribution in [2.75, 3.05) is 33.0 Å². The number of ether oxygens (including phenoxy) is 2. The van der Waals surface area contributed by atoms with Crippen molar-refractivity contribution in [3.63, 3.8) is 0 Å². The molecule has 0 aliphatic rings. The SMILES string of the molecule is CCCCC/C=C\C/C=C\CCCCCCCCOCC(N)(CO)COCCCCCCCCC. The van der Waals surface area contributed by atoms with Gasteiger partial charge in [0.2, 0.25) is 0 Å². The maximum Gasteiger partial charge on any atom is 0.0862 e. The first-order valence-corrected chi connectivity index (χ1v) is 15.0. The van der Waals surface area contributed by atoms with Crippen LogP contribution in [-0.2, 0) is 9.47 Å². The lowest BCUT2D eigenvalue weighted by molar-refractivity contribution is -0.00366. The number of unbranched alkanes of at least 4 members (excludes halogenated alkanes) is 15. The lowest BCUT2D eigenvalue weighted by atomic mass is 10.1. The van der Waals surface area contributed by atoms with Gasteiger partial charge in [-0.1, -0.05) is 115 Å². The first kappa shape index (κ1) is 34.3. The van der Waals surface area contributed by atoms with Crippen molar-refractivity contribution in [2.24, 2.45) is 5.73 Å². The zero-order chi connectivity index (χ0) is 25.7. The largest absolute Gasteiger partial charge is 0.394 e. The fourth-order valence-corrected chi connectivity index (χ4v) is 4.04. The first-order valence-electron chi connectivity index (χ1n) is 15.0. The Morgan fingerprint density at radius 1 is 0.571 bits per heavy atom. The van der Waals surface area contributed by atoms with E-state index >= 15 is 0 Å². The summed E-state index contributed by atoms with van der Waals surface area (Å²) >= 11 is 0. The van der Waals surface area contributed by atoms with Crippen molar-refractivity contribution in [3.8, 4) is 0 Å². The Bertz CT molecular complexity index is 466. The summed E-state index contributed by atoms with van der Waals surface area (Å²) < 4.78 is 11.5. The first-order chi connectivity index (χ1) is 17.2. The van der Waals surface area contributed by atoms with E-state index in [2.05, 4.69) is 38.2 Å². The van der Waals surface area contributed by atoms with Crippen LogP contribution in [0.1, 0.15) is 136 Å². The van der Waals surface area contributed by atoms with Crippen LogP contribution >= 0.6 is 0 Å². The third-order valence-electron chi connectivity index (χ3n) is 6.48. The number of aliphatic hydroxyl groups excluding tert-OH is 1. The molecule has 208 valence electrons. The van der Waals surface area contributed by atoms with Crippen LogP contribution in [0.5, 0.6) is 0 Å². The summed E-state index contributed by atoms with van der Waals surface area (Å²) in [7, 11) is 0. The zero-order valence-electron chi connectivity index (χ0n) is 23.6. The summed E-state index contributed by atoms with van der Waals surface area (Å²) in [6, 6.07) is 0. The van der Waals surface area contributed by atoms with E-state index in [1.54, 1.807) is 0 Å². The molecule has 0 radical (unpaired) electrons. The van der Waals surface area contributed by atoms with Gasteiger partial charge in [0.25, 0.3) is 0 Å². The second-order valence-electron chi connectivity index (χ2n) is 10.3. The average Bonchev–Trinajstić information content (AvgIpc) is 2.87. The summed E-state index contributed by atoms with van der Waals surface area (Å²) in [5.74, 6) is 0. The van der Waals surface area contributed by atoms with Crippen molar-refractivity contribution < 1.29 is 14.6 Å². The van der Waals surface area contributed by atoms with Gasteiger partial charge in [-0.05, 0) is 44.9 Å². The van der Waals surface area contributed by atoms with Crippen LogP contribution in [0.3, 0.4) is 0 Å². The second-order valence-corrected chi connectivity index (χ2v) is 10.3. The van der Waals surface area contributed by atoms with E-state index in [0.717, 1.165) is 25.9 Å². The smallest absolute Gasteiger partial charge is 0.0862 e. The Morgan fingerprint density at radius 2 is 0.971 bits per heavy atom. The molecule has 35 heavy (non-hydrogen) atoms. The average molecular weight is 496 g/mol. The molecule has 0 heterocycles. The lowest BCUT2D eigenvalue weighted by Gasteiger charge is -2.26. The minimum Gasteiger partial charge on any atom is -0.394 e. The van der Waals surface area contributed by atoms with Crippen LogP contribution in [0.2, 0.25) is 0 Å². The fourth-order valence-electron chi connectivity index (χ4n) is 4.04. The molecular formula is C31H61NO3. The second kappa shape index (κ2) is 27.9. The normalized spacial score (nSPS) is 13.8. The van der Waals surface area contributed by atoms with Crippen LogP contribution in [0.25, 0.3) is 0 Å². The number of rotatable bonds is 28. The predicted octanol–water partition coefficient (Wildman–Crippen LogP) is 8.27. The molecule has 1 atom stereocenters. The summed E-state index contributed by atoms with van der Waals surface area (Å²) in [6.07, 6.45) is 33.1. The van der Waals surface area contributed by atoms with E-state index in [-0.39, 0.29) is 6.61 Å². The maximum atomic E-state index is 9.66. The molecule has 0 aromatic rings. The summed E-state index contributed by atoms with van der Waals surface area (Å²) in [5.41, 5.74) is 5.48. The Morgan fingerprint density at radius 3 is 1.46 bits per heavy atom. The quantitative estimate of drug-likeness (QED) is 0.0846. The molecule has 0 aromatic carbocycles. The topological polar surface area (TPSA) is 64.7 Å². The molecule has 0 saturated carbocycles. The predicted molar refractivity (Wildman–Crippen MR) is 153 cm³/mol. The highest BCUT2D eigenvalue weighted by Crippen LogP contribution is 2.10. The van der Waals surface area contributed by atoms with Crippen molar-refractivity contribution in [1.29, 1.82) is 0 Å². The highest BCUT2D eigenvalue weighted by Gasteiger charge is 2.24. The highest BCUT2D eigenvalue weighted by atomic mass is 16.5. The number of nitrogens with two attached hydrogens (primary N) is 1. The molecule has 1 unspecified atom stereocenters. The van der Waals surface area contributed by atoms with Gasteiger partial charge in [-0.3, -0.25) is 0 Å². The van der Waals surface area contributed by atoms with E-state index < -0.39 is 5.54 Å². The molecule has 0 bridgehead atoms. The number of hydrogen-bond acceptors (Lipinski definition) is 4. The van der Waals surface area contributed by atoms with Gasteiger partial charge in [-0.15, -0.1) is 0 Å². The van der Waals surface area contributed by atoms with Crippen LogP contribution in [0, 0.1) is 0 Å². The van der Waals surface area contributed by atoms with Gasteiger partial charge in [0.1, 0.15) is 0 Å². The van der Waals surface area contributed by atoms with Crippen molar-refractivity contribution >= 4 is 0 Å². The Balaban J connectivity index is 3.47. The molecule has 0 fully saturated rings. The summed E-state index contributed by atoms with van der Waals surface area (Å²) in [6.45, 7) is 6.55. The van der Waals surface area contributed by atoms with Gasteiger partial charge in [0.05, 0.1) is 25.4 Å². The molecule has 4 heteroatoms. The maximum absolute atomic E-state index is 9.66. The fraction of sp³-hybridized carbons (Fsp3) is 0.871.